The number of fused-ring (bicyclic) bond motifs is 1. The molecule has 0 saturated heterocycles. The molecule has 0 aromatic heterocycles. The van der Waals surface area contributed by atoms with E-state index in [1.807, 2.05) is 38.1 Å². The quantitative estimate of drug-likeness (QED) is 0.614. The van der Waals surface area contributed by atoms with Gasteiger partial charge in [-0.3, -0.25) is 0 Å². The first-order chi connectivity index (χ1) is 13.8. The molecule has 2 aromatic rings. The summed E-state index contributed by atoms with van der Waals surface area (Å²) in [6, 6.07) is 11.4. The molecule has 30 heavy (non-hydrogen) atoms. The second kappa shape index (κ2) is 7.52. The second-order valence-corrected chi connectivity index (χ2v) is 8.98. The largest absolute Gasteiger partial charge is 0.467 e. The van der Waals surface area contributed by atoms with Gasteiger partial charge in [-0.1, -0.05) is 26.0 Å². The van der Waals surface area contributed by atoms with Crippen LogP contribution in [-0.4, -0.2) is 18.6 Å². The van der Waals surface area contributed by atoms with E-state index < -0.39 is 17.3 Å². The zero-order valence-electron chi connectivity index (χ0n) is 17.8. The van der Waals surface area contributed by atoms with Crippen LogP contribution >= 0.6 is 0 Å². The highest BCUT2D eigenvalue weighted by atomic mass is 19.4. The summed E-state index contributed by atoms with van der Waals surface area (Å²) >= 11 is 0. The van der Waals surface area contributed by atoms with E-state index in [1.165, 1.54) is 19.2 Å². The number of alkyl halides is 3. The summed E-state index contributed by atoms with van der Waals surface area (Å²) in [5.41, 5.74) is 1.26. The van der Waals surface area contributed by atoms with Crippen molar-refractivity contribution in [2.75, 3.05) is 17.7 Å². The Labute approximate surface area is 174 Å². The van der Waals surface area contributed by atoms with Gasteiger partial charge in [0.2, 0.25) is 0 Å². The van der Waals surface area contributed by atoms with Crippen LogP contribution in [0.3, 0.4) is 0 Å². The van der Waals surface area contributed by atoms with Crippen molar-refractivity contribution in [1.82, 2.24) is 0 Å². The lowest BCUT2D eigenvalue weighted by Gasteiger charge is -2.41. The Morgan fingerprint density at radius 2 is 1.87 bits per heavy atom. The number of carbonyl (C=O) groups is 1. The third-order valence-corrected chi connectivity index (χ3v) is 5.53. The van der Waals surface area contributed by atoms with Gasteiger partial charge < -0.3 is 15.4 Å². The van der Waals surface area contributed by atoms with Crippen LogP contribution in [0.2, 0.25) is 0 Å². The van der Waals surface area contributed by atoms with E-state index in [0.717, 1.165) is 17.3 Å². The molecule has 0 fully saturated rings. The predicted octanol–water partition coefficient (Wildman–Crippen LogP) is 5.80. The number of rotatable bonds is 4. The summed E-state index contributed by atoms with van der Waals surface area (Å²) in [7, 11) is 1.35. The lowest BCUT2D eigenvalue weighted by Crippen LogP contribution is -2.41. The van der Waals surface area contributed by atoms with Crippen molar-refractivity contribution in [3.8, 4) is 0 Å². The molecule has 1 heterocycles. The minimum absolute atomic E-state index is 0.107. The lowest BCUT2D eigenvalue weighted by atomic mass is 9.72. The van der Waals surface area contributed by atoms with Crippen molar-refractivity contribution in [2.45, 2.75) is 51.9 Å². The number of hydrogen-bond acceptors (Lipinski definition) is 4. The molecule has 1 unspecified atom stereocenters. The zero-order valence-corrected chi connectivity index (χ0v) is 17.8. The monoisotopic (exact) mass is 420 g/mol. The van der Waals surface area contributed by atoms with E-state index in [2.05, 4.69) is 10.6 Å². The Bertz CT molecular complexity index is 952. The van der Waals surface area contributed by atoms with Crippen LogP contribution in [0, 0.1) is 5.41 Å². The number of esters is 1. The third kappa shape index (κ3) is 4.40. The predicted molar refractivity (Wildman–Crippen MR) is 111 cm³/mol. The fourth-order valence-corrected chi connectivity index (χ4v) is 4.00. The molecule has 7 heteroatoms. The van der Waals surface area contributed by atoms with E-state index in [4.69, 9.17) is 4.74 Å². The first-order valence-corrected chi connectivity index (χ1v) is 9.77. The summed E-state index contributed by atoms with van der Waals surface area (Å²) in [4.78, 5) is 12.0. The molecule has 0 spiro atoms. The van der Waals surface area contributed by atoms with Gasteiger partial charge in [0.05, 0.1) is 18.7 Å². The Kier molecular flexibility index (Phi) is 5.52. The number of hydrogen-bond donors (Lipinski definition) is 2. The summed E-state index contributed by atoms with van der Waals surface area (Å²) in [5.74, 6) is -0.376. The highest BCUT2D eigenvalue weighted by molar-refractivity contribution is 5.83. The normalized spacial score (nSPS) is 18.2. The van der Waals surface area contributed by atoms with Gasteiger partial charge >= 0.3 is 12.1 Å². The maximum absolute atomic E-state index is 13.1. The van der Waals surface area contributed by atoms with Gasteiger partial charge in [-0.15, -0.1) is 0 Å². The minimum Gasteiger partial charge on any atom is -0.467 e. The molecule has 4 nitrogen and oxygen atoms in total. The molecule has 1 atom stereocenters. The Morgan fingerprint density at radius 3 is 2.50 bits per heavy atom. The van der Waals surface area contributed by atoms with Crippen LogP contribution in [0.5, 0.6) is 0 Å². The standard InChI is InChI=1S/C23H27F3N2O2/c1-21(2)13-15-11-16(23(24,25)26)9-10-18(15)27-19(21)14-7-6-8-17(12-14)28-22(3,4)20(29)30-5/h6-12,19,27-28H,13H2,1-5H3. The van der Waals surface area contributed by atoms with Crippen molar-refractivity contribution in [2.24, 2.45) is 5.41 Å². The van der Waals surface area contributed by atoms with Gasteiger partial charge in [0.15, 0.2) is 0 Å². The van der Waals surface area contributed by atoms with Crippen LogP contribution in [-0.2, 0) is 22.1 Å². The SMILES string of the molecule is COC(=O)C(C)(C)Nc1cccc(C2Nc3ccc(C(F)(F)F)cc3CC2(C)C)c1. The maximum atomic E-state index is 13.1. The van der Waals surface area contributed by atoms with Crippen molar-refractivity contribution in [3.63, 3.8) is 0 Å². The van der Waals surface area contributed by atoms with Crippen LogP contribution in [0.4, 0.5) is 24.5 Å². The molecule has 1 aliphatic rings. The van der Waals surface area contributed by atoms with Gasteiger partial charge in [0.25, 0.3) is 0 Å². The minimum atomic E-state index is -4.36. The fourth-order valence-electron chi connectivity index (χ4n) is 4.00. The molecule has 0 radical (unpaired) electrons. The zero-order chi connectivity index (χ0) is 22.3. The number of methoxy groups -OCH3 is 1. The van der Waals surface area contributed by atoms with E-state index in [-0.39, 0.29) is 17.4 Å². The number of ether oxygens (including phenoxy) is 1. The van der Waals surface area contributed by atoms with Crippen molar-refractivity contribution in [1.29, 1.82) is 0 Å². The molecule has 0 amide bonds. The maximum Gasteiger partial charge on any atom is 0.416 e. The van der Waals surface area contributed by atoms with Crippen molar-refractivity contribution >= 4 is 17.3 Å². The molecule has 0 aliphatic carbocycles. The van der Waals surface area contributed by atoms with Crippen molar-refractivity contribution < 1.29 is 22.7 Å². The number of halogens is 3. The molecule has 2 N–H and O–H groups in total. The van der Waals surface area contributed by atoms with Gasteiger partial charge in [0, 0.05) is 11.4 Å². The van der Waals surface area contributed by atoms with Gasteiger partial charge in [0.1, 0.15) is 5.54 Å². The van der Waals surface area contributed by atoms with Crippen LogP contribution in [0.25, 0.3) is 0 Å². The Morgan fingerprint density at radius 1 is 1.17 bits per heavy atom. The number of benzene rings is 2. The van der Waals surface area contributed by atoms with E-state index in [1.54, 1.807) is 13.8 Å². The average molecular weight is 420 g/mol. The summed E-state index contributed by atoms with van der Waals surface area (Å²) < 4.78 is 44.1. The van der Waals surface area contributed by atoms with E-state index >= 15 is 0 Å². The van der Waals surface area contributed by atoms with Crippen molar-refractivity contribution in [3.05, 3.63) is 59.2 Å². The smallest absolute Gasteiger partial charge is 0.416 e. The lowest BCUT2D eigenvalue weighted by molar-refractivity contribution is -0.144. The van der Waals surface area contributed by atoms with Gasteiger partial charge in [-0.25, -0.2) is 4.79 Å². The first kappa shape index (κ1) is 22.0. The second-order valence-electron chi connectivity index (χ2n) is 8.98. The number of nitrogens with one attached hydrogen (secondary N) is 2. The Hall–Kier alpha value is -2.70. The van der Waals surface area contributed by atoms with Crippen LogP contribution < -0.4 is 10.6 Å². The summed E-state index contributed by atoms with van der Waals surface area (Å²) in [6.45, 7) is 7.55. The molecule has 162 valence electrons. The summed E-state index contributed by atoms with van der Waals surface area (Å²) in [6.07, 6.45) is -3.85. The topological polar surface area (TPSA) is 50.4 Å². The van der Waals surface area contributed by atoms with Gasteiger partial charge in [-0.05, 0) is 67.1 Å². The number of carbonyl (C=O) groups excluding carboxylic acids is 1. The first-order valence-electron chi connectivity index (χ1n) is 9.77. The molecule has 0 saturated carbocycles. The molecule has 0 bridgehead atoms. The van der Waals surface area contributed by atoms with E-state index in [0.29, 0.717) is 17.7 Å². The fraction of sp³-hybridized carbons (Fsp3) is 0.435. The third-order valence-electron chi connectivity index (χ3n) is 5.53. The molecule has 1 aliphatic heterocycles. The highest BCUT2D eigenvalue weighted by Gasteiger charge is 2.38. The molecular weight excluding hydrogens is 393 g/mol. The molecule has 3 rings (SSSR count). The summed E-state index contributed by atoms with van der Waals surface area (Å²) in [5, 5.41) is 6.61. The van der Waals surface area contributed by atoms with E-state index in [9.17, 15) is 18.0 Å². The Balaban J connectivity index is 1.91. The van der Waals surface area contributed by atoms with Crippen LogP contribution in [0.15, 0.2) is 42.5 Å². The molecular formula is C23H27F3N2O2. The average Bonchev–Trinajstić information content (AvgIpc) is 2.64. The van der Waals surface area contributed by atoms with Crippen LogP contribution in [0.1, 0.15) is 50.4 Å². The number of anilines is 2. The van der Waals surface area contributed by atoms with Gasteiger partial charge in [-0.2, -0.15) is 13.2 Å². The highest BCUT2D eigenvalue weighted by Crippen LogP contribution is 2.46. The molecule has 2 aromatic carbocycles.